The summed E-state index contributed by atoms with van der Waals surface area (Å²) in [5.74, 6) is 0.701. The third-order valence-electron chi connectivity index (χ3n) is 2.75. The van der Waals surface area contributed by atoms with Crippen molar-refractivity contribution in [3.63, 3.8) is 0 Å². The van der Waals surface area contributed by atoms with Crippen LogP contribution in [0.25, 0.3) is 0 Å². The van der Waals surface area contributed by atoms with Gasteiger partial charge in [0, 0.05) is 11.9 Å². The lowest BCUT2D eigenvalue weighted by atomic mass is 9.96. The van der Waals surface area contributed by atoms with Crippen LogP contribution < -0.4 is 11.1 Å². The highest BCUT2D eigenvalue weighted by atomic mass is 32.1. The molecule has 0 saturated heterocycles. The van der Waals surface area contributed by atoms with Gasteiger partial charge in [-0.2, -0.15) is 0 Å². The zero-order valence-electron chi connectivity index (χ0n) is 11.6. The van der Waals surface area contributed by atoms with E-state index in [4.69, 9.17) is 5.73 Å². The summed E-state index contributed by atoms with van der Waals surface area (Å²) in [5, 5.41) is 5.52. The zero-order valence-corrected chi connectivity index (χ0v) is 12.4. The molecule has 0 radical (unpaired) electrons. The highest BCUT2D eigenvalue weighted by Gasteiger charge is 2.19. The maximum absolute atomic E-state index is 12.0. The Kier molecular flexibility index (Phi) is 5.75. The number of anilines is 1. The predicted octanol–water partition coefficient (Wildman–Crippen LogP) is 2.83. The summed E-state index contributed by atoms with van der Waals surface area (Å²) >= 11 is 1.47. The molecule has 102 valence electrons. The largest absolute Gasteiger partial charge is 0.330 e. The molecule has 0 aliphatic heterocycles. The highest BCUT2D eigenvalue weighted by molar-refractivity contribution is 7.13. The first-order chi connectivity index (χ1) is 8.43. The van der Waals surface area contributed by atoms with Gasteiger partial charge in [-0.1, -0.05) is 27.7 Å². The van der Waals surface area contributed by atoms with Crippen molar-refractivity contribution in [3.8, 4) is 0 Å². The number of carbonyl (C=O) groups is 1. The fourth-order valence-electron chi connectivity index (χ4n) is 1.70. The number of carbonyl (C=O) groups excluding carboxylic acids is 1. The van der Waals surface area contributed by atoms with Gasteiger partial charge in [-0.3, -0.25) is 4.79 Å². The summed E-state index contributed by atoms with van der Waals surface area (Å²) in [6.45, 7) is 8.74. The highest BCUT2D eigenvalue weighted by Crippen LogP contribution is 2.22. The summed E-state index contributed by atoms with van der Waals surface area (Å²) < 4.78 is 0. The molecule has 1 heterocycles. The molecule has 0 bridgehead atoms. The smallest absolute Gasteiger partial charge is 0.230 e. The van der Waals surface area contributed by atoms with Crippen LogP contribution in [0.4, 0.5) is 5.13 Å². The van der Waals surface area contributed by atoms with Crippen LogP contribution in [0.1, 0.15) is 45.7 Å². The molecule has 1 amide bonds. The minimum atomic E-state index is -0.128. The third kappa shape index (κ3) is 4.38. The maximum Gasteiger partial charge on any atom is 0.230 e. The van der Waals surface area contributed by atoms with Crippen LogP contribution >= 0.6 is 11.3 Å². The third-order valence-corrected chi connectivity index (χ3v) is 3.53. The van der Waals surface area contributed by atoms with Gasteiger partial charge in [-0.05, 0) is 18.3 Å². The fourth-order valence-corrected chi connectivity index (χ4v) is 2.57. The van der Waals surface area contributed by atoms with E-state index in [1.807, 2.05) is 5.38 Å². The molecule has 1 aromatic rings. The van der Waals surface area contributed by atoms with E-state index in [9.17, 15) is 4.79 Å². The number of hydrogen-bond donors (Lipinski definition) is 2. The molecule has 1 unspecified atom stereocenters. The first-order valence-corrected chi connectivity index (χ1v) is 7.28. The quantitative estimate of drug-likeness (QED) is 0.834. The summed E-state index contributed by atoms with van der Waals surface area (Å²) in [6, 6.07) is 0. The fraction of sp³-hybridized carbons (Fsp3) is 0.692. The second-order valence-corrected chi connectivity index (χ2v) is 6.14. The molecule has 1 aromatic heterocycles. The molecule has 0 spiro atoms. The van der Waals surface area contributed by atoms with Crippen molar-refractivity contribution < 1.29 is 4.79 Å². The summed E-state index contributed by atoms with van der Waals surface area (Å²) in [4.78, 5) is 16.4. The SMILES string of the molecule is CC(C)CC(CN)C(=O)Nc1nc(C(C)C)cs1. The van der Waals surface area contributed by atoms with Crippen LogP contribution in [0.15, 0.2) is 5.38 Å². The average molecular weight is 269 g/mol. The monoisotopic (exact) mass is 269 g/mol. The first kappa shape index (κ1) is 15.1. The lowest BCUT2D eigenvalue weighted by Crippen LogP contribution is -2.30. The standard InChI is InChI=1S/C13H23N3OS/c1-8(2)5-10(6-14)12(17)16-13-15-11(7-18-13)9(3)4/h7-10H,5-6,14H2,1-4H3,(H,15,16,17). The van der Waals surface area contributed by atoms with Gasteiger partial charge >= 0.3 is 0 Å². The van der Waals surface area contributed by atoms with Crippen LogP contribution in [-0.2, 0) is 4.79 Å². The van der Waals surface area contributed by atoms with E-state index in [2.05, 4.69) is 38.0 Å². The Morgan fingerprint density at radius 1 is 1.44 bits per heavy atom. The maximum atomic E-state index is 12.0. The number of nitrogens with one attached hydrogen (secondary N) is 1. The molecule has 1 atom stereocenters. The van der Waals surface area contributed by atoms with Crippen molar-refractivity contribution in [2.75, 3.05) is 11.9 Å². The Hall–Kier alpha value is -0.940. The van der Waals surface area contributed by atoms with Crippen molar-refractivity contribution in [1.29, 1.82) is 0 Å². The minimum Gasteiger partial charge on any atom is -0.330 e. The van der Waals surface area contributed by atoms with E-state index in [1.165, 1.54) is 11.3 Å². The van der Waals surface area contributed by atoms with Crippen LogP contribution in [-0.4, -0.2) is 17.4 Å². The van der Waals surface area contributed by atoms with E-state index in [-0.39, 0.29) is 11.8 Å². The van der Waals surface area contributed by atoms with E-state index < -0.39 is 0 Å². The van der Waals surface area contributed by atoms with E-state index in [0.29, 0.717) is 23.5 Å². The van der Waals surface area contributed by atoms with Crippen molar-refractivity contribution >= 4 is 22.4 Å². The van der Waals surface area contributed by atoms with Crippen molar-refractivity contribution in [2.24, 2.45) is 17.6 Å². The Morgan fingerprint density at radius 2 is 2.11 bits per heavy atom. The minimum absolute atomic E-state index is 0.0177. The molecule has 18 heavy (non-hydrogen) atoms. The van der Waals surface area contributed by atoms with Gasteiger partial charge in [-0.15, -0.1) is 11.3 Å². The molecule has 0 aliphatic rings. The van der Waals surface area contributed by atoms with Crippen molar-refractivity contribution in [1.82, 2.24) is 4.98 Å². The number of amides is 1. The van der Waals surface area contributed by atoms with E-state index in [1.54, 1.807) is 0 Å². The number of nitrogens with two attached hydrogens (primary N) is 1. The van der Waals surface area contributed by atoms with Gasteiger partial charge in [0.05, 0.1) is 11.6 Å². The Morgan fingerprint density at radius 3 is 2.56 bits per heavy atom. The number of rotatable bonds is 6. The molecule has 0 aliphatic carbocycles. The first-order valence-electron chi connectivity index (χ1n) is 6.40. The number of nitrogens with zero attached hydrogens (tertiary/aromatic N) is 1. The van der Waals surface area contributed by atoms with Gasteiger partial charge in [0.25, 0.3) is 0 Å². The van der Waals surface area contributed by atoms with Gasteiger partial charge < -0.3 is 11.1 Å². The number of aromatic nitrogens is 1. The molecule has 0 aromatic carbocycles. The predicted molar refractivity (Wildman–Crippen MR) is 76.8 cm³/mol. The van der Waals surface area contributed by atoms with Crippen molar-refractivity contribution in [3.05, 3.63) is 11.1 Å². The molecule has 3 N–H and O–H groups in total. The molecule has 4 nitrogen and oxygen atoms in total. The van der Waals surface area contributed by atoms with Crippen molar-refractivity contribution in [2.45, 2.75) is 40.0 Å². The topological polar surface area (TPSA) is 68.0 Å². The van der Waals surface area contributed by atoms with Crippen LogP contribution in [0.3, 0.4) is 0 Å². The molecular weight excluding hydrogens is 246 g/mol. The van der Waals surface area contributed by atoms with Gasteiger partial charge in [0.2, 0.25) is 5.91 Å². The van der Waals surface area contributed by atoms with E-state index >= 15 is 0 Å². The normalized spacial score (nSPS) is 13.1. The lowest BCUT2D eigenvalue weighted by molar-refractivity contribution is -0.120. The molecule has 0 fully saturated rings. The second-order valence-electron chi connectivity index (χ2n) is 5.28. The molecule has 5 heteroatoms. The molecular formula is C13H23N3OS. The van der Waals surface area contributed by atoms with Crippen LogP contribution in [0.5, 0.6) is 0 Å². The van der Waals surface area contributed by atoms with Gasteiger partial charge in [0.15, 0.2) is 5.13 Å². The van der Waals surface area contributed by atoms with Gasteiger partial charge in [-0.25, -0.2) is 4.98 Å². The van der Waals surface area contributed by atoms with E-state index in [0.717, 1.165) is 12.1 Å². The van der Waals surface area contributed by atoms with Crippen LogP contribution in [0.2, 0.25) is 0 Å². The number of hydrogen-bond acceptors (Lipinski definition) is 4. The summed E-state index contributed by atoms with van der Waals surface area (Å²) in [7, 11) is 0. The Labute approximate surface area is 113 Å². The Bertz CT molecular complexity index is 387. The second kappa shape index (κ2) is 6.85. The Balaban J connectivity index is 2.61. The molecule has 1 rings (SSSR count). The lowest BCUT2D eigenvalue weighted by Gasteiger charge is -2.15. The zero-order chi connectivity index (χ0) is 13.7. The summed E-state index contributed by atoms with van der Waals surface area (Å²) in [5.41, 5.74) is 6.67. The molecule has 0 saturated carbocycles. The average Bonchev–Trinajstić information content (AvgIpc) is 2.74. The van der Waals surface area contributed by atoms with Crippen LogP contribution in [0, 0.1) is 11.8 Å². The number of thiazole rings is 1. The summed E-state index contributed by atoms with van der Waals surface area (Å²) in [6.07, 6.45) is 0.810. The van der Waals surface area contributed by atoms with Gasteiger partial charge in [0.1, 0.15) is 0 Å².